The Balaban J connectivity index is 2.17. The van der Waals surface area contributed by atoms with Gasteiger partial charge in [0.2, 0.25) is 0 Å². The second kappa shape index (κ2) is 7.62. The van der Waals surface area contributed by atoms with Crippen molar-refractivity contribution in [3.05, 3.63) is 64.2 Å². The zero-order valence-electron chi connectivity index (χ0n) is 12.4. The molecule has 0 fully saturated rings. The van der Waals surface area contributed by atoms with Crippen LogP contribution in [0.3, 0.4) is 0 Å². The zero-order valence-corrected chi connectivity index (χ0v) is 13.2. The van der Waals surface area contributed by atoms with Gasteiger partial charge in [0, 0.05) is 13.2 Å². The third-order valence-electron chi connectivity index (χ3n) is 2.98. The number of carbonyl (C=O) groups excluding carboxylic acids is 2. The van der Waals surface area contributed by atoms with Gasteiger partial charge in [-0.25, -0.2) is 14.9 Å². The number of hydrogen-bond acceptors (Lipinski definition) is 5. The van der Waals surface area contributed by atoms with Crippen LogP contribution in [-0.4, -0.2) is 40.3 Å². The molecule has 24 heavy (non-hydrogen) atoms. The standard InChI is InChI=1S/C15H12ClFN4O3/c1-21(15(23)10-4-2-3-5-11(10)16)19-8-13-12(17)6-9(7-18-13)14(22)20-24/h2-8,24H,1H3,(H,20,22). The second-order valence-corrected chi connectivity index (χ2v) is 4.99. The number of hydrazone groups is 1. The number of nitrogens with one attached hydrogen (secondary N) is 1. The summed E-state index contributed by atoms with van der Waals surface area (Å²) in [4.78, 5) is 27.0. The number of pyridine rings is 1. The molecule has 9 heteroatoms. The van der Waals surface area contributed by atoms with E-state index in [4.69, 9.17) is 16.8 Å². The molecule has 124 valence electrons. The molecule has 0 spiro atoms. The number of hydrogen-bond donors (Lipinski definition) is 2. The van der Waals surface area contributed by atoms with E-state index in [0.29, 0.717) is 0 Å². The summed E-state index contributed by atoms with van der Waals surface area (Å²) in [6, 6.07) is 7.33. The average Bonchev–Trinajstić information content (AvgIpc) is 2.59. The smallest absolute Gasteiger partial charge is 0.276 e. The van der Waals surface area contributed by atoms with Crippen LogP contribution in [0.15, 0.2) is 41.6 Å². The average molecular weight is 351 g/mol. The van der Waals surface area contributed by atoms with E-state index in [1.54, 1.807) is 18.2 Å². The van der Waals surface area contributed by atoms with Crippen molar-refractivity contribution in [2.24, 2.45) is 5.10 Å². The van der Waals surface area contributed by atoms with Crippen LogP contribution in [0.4, 0.5) is 4.39 Å². The molecule has 1 aromatic carbocycles. The van der Waals surface area contributed by atoms with Crippen molar-refractivity contribution < 1.29 is 19.2 Å². The van der Waals surface area contributed by atoms with Crippen molar-refractivity contribution >= 4 is 29.6 Å². The number of amides is 2. The van der Waals surface area contributed by atoms with E-state index in [-0.39, 0.29) is 21.8 Å². The maximum Gasteiger partial charge on any atom is 0.276 e. The Morgan fingerprint density at radius 2 is 2.12 bits per heavy atom. The Hall–Kier alpha value is -2.84. The molecular formula is C15H12ClFN4O3. The van der Waals surface area contributed by atoms with Crippen LogP contribution >= 0.6 is 11.6 Å². The van der Waals surface area contributed by atoms with E-state index in [9.17, 15) is 14.0 Å². The first-order valence-corrected chi connectivity index (χ1v) is 6.98. The van der Waals surface area contributed by atoms with Gasteiger partial charge in [0.1, 0.15) is 5.69 Å². The molecule has 2 aromatic rings. The minimum absolute atomic E-state index is 0.160. The van der Waals surface area contributed by atoms with E-state index < -0.39 is 17.6 Å². The monoisotopic (exact) mass is 350 g/mol. The first kappa shape index (κ1) is 17.5. The number of benzene rings is 1. The quantitative estimate of drug-likeness (QED) is 0.501. The van der Waals surface area contributed by atoms with E-state index in [1.165, 1.54) is 18.6 Å². The van der Waals surface area contributed by atoms with Gasteiger partial charge in [0.25, 0.3) is 11.8 Å². The molecule has 1 heterocycles. The number of nitrogens with zero attached hydrogens (tertiary/aromatic N) is 3. The minimum atomic E-state index is -0.893. The molecule has 2 rings (SSSR count). The molecule has 0 unspecified atom stereocenters. The maximum absolute atomic E-state index is 13.8. The Morgan fingerprint density at radius 1 is 1.42 bits per heavy atom. The van der Waals surface area contributed by atoms with Gasteiger partial charge < -0.3 is 0 Å². The van der Waals surface area contributed by atoms with Gasteiger partial charge >= 0.3 is 0 Å². The molecule has 0 aliphatic carbocycles. The number of carbonyl (C=O) groups is 2. The molecule has 0 atom stereocenters. The molecule has 0 saturated heterocycles. The van der Waals surface area contributed by atoms with Crippen molar-refractivity contribution in [1.29, 1.82) is 0 Å². The van der Waals surface area contributed by atoms with Crippen LogP contribution in [-0.2, 0) is 0 Å². The summed E-state index contributed by atoms with van der Waals surface area (Å²) >= 11 is 5.94. The van der Waals surface area contributed by atoms with Crippen molar-refractivity contribution in [1.82, 2.24) is 15.5 Å². The fraction of sp³-hybridized carbons (Fsp3) is 0.0667. The summed E-state index contributed by atoms with van der Waals surface area (Å²) in [7, 11) is 1.38. The third kappa shape index (κ3) is 3.92. The van der Waals surface area contributed by atoms with E-state index >= 15 is 0 Å². The van der Waals surface area contributed by atoms with Crippen LogP contribution < -0.4 is 5.48 Å². The van der Waals surface area contributed by atoms with E-state index in [2.05, 4.69) is 10.1 Å². The third-order valence-corrected chi connectivity index (χ3v) is 3.31. The van der Waals surface area contributed by atoms with Gasteiger partial charge in [0.15, 0.2) is 5.82 Å². The van der Waals surface area contributed by atoms with Gasteiger partial charge in [0.05, 0.1) is 22.4 Å². The second-order valence-electron chi connectivity index (χ2n) is 4.59. The van der Waals surface area contributed by atoms with Crippen molar-refractivity contribution in [3.63, 3.8) is 0 Å². The highest BCUT2D eigenvalue weighted by Gasteiger charge is 2.14. The van der Waals surface area contributed by atoms with E-state index in [1.807, 2.05) is 0 Å². The Labute approximate surface area is 141 Å². The predicted octanol–water partition coefficient (Wildman–Crippen LogP) is 2.10. The molecule has 0 aliphatic heterocycles. The highest BCUT2D eigenvalue weighted by atomic mass is 35.5. The lowest BCUT2D eigenvalue weighted by atomic mass is 10.2. The summed E-state index contributed by atoms with van der Waals surface area (Å²) < 4.78 is 13.8. The van der Waals surface area contributed by atoms with Gasteiger partial charge in [-0.05, 0) is 18.2 Å². The van der Waals surface area contributed by atoms with Gasteiger partial charge in [-0.1, -0.05) is 23.7 Å². The molecule has 0 saturated carbocycles. The summed E-state index contributed by atoms with van der Waals surface area (Å²) in [6.07, 6.45) is 2.09. The number of aromatic nitrogens is 1. The lowest BCUT2D eigenvalue weighted by Gasteiger charge is -2.11. The van der Waals surface area contributed by atoms with E-state index in [0.717, 1.165) is 23.5 Å². The molecular weight excluding hydrogens is 339 g/mol. The number of hydroxylamine groups is 1. The SMILES string of the molecule is CN(N=Cc1ncc(C(=O)NO)cc1F)C(=O)c1ccccc1Cl. The molecule has 0 bridgehead atoms. The van der Waals surface area contributed by atoms with Crippen LogP contribution in [0, 0.1) is 5.82 Å². The first-order valence-electron chi connectivity index (χ1n) is 6.60. The molecule has 7 nitrogen and oxygen atoms in total. The predicted molar refractivity (Wildman–Crippen MR) is 84.6 cm³/mol. The molecule has 2 N–H and O–H groups in total. The molecule has 1 aromatic heterocycles. The lowest BCUT2D eigenvalue weighted by Crippen LogP contribution is -2.22. The maximum atomic E-state index is 13.8. The highest BCUT2D eigenvalue weighted by Crippen LogP contribution is 2.16. The lowest BCUT2D eigenvalue weighted by molar-refractivity contribution is 0.0705. The van der Waals surface area contributed by atoms with Crippen molar-refractivity contribution in [3.8, 4) is 0 Å². The Kier molecular flexibility index (Phi) is 5.56. The van der Waals surface area contributed by atoms with Gasteiger partial charge in [-0.15, -0.1) is 0 Å². The summed E-state index contributed by atoms with van der Waals surface area (Å²) in [5.74, 6) is -2.21. The fourth-order valence-electron chi connectivity index (χ4n) is 1.73. The van der Waals surface area contributed by atoms with Crippen LogP contribution in [0.2, 0.25) is 5.02 Å². The fourth-order valence-corrected chi connectivity index (χ4v) is 1.95. The number of halogens is 2. The number of rotatable bonds is 4. The molecule has 0 radical (unpaired) electrons. The van der Waals surface area contributed by atoms with Crippen LogP contribution in [0.25, 0.3) is 0 Å². The Morgan fingerprint density at radius 3 is 2.75 bits per heavy atom. The summed E-state index contributed by atoms with van der Waals surface area (Å²) in [6.45, 7) is 0. The highest BCUT2D eigenvalue weighted by molar-refractivity contribution is 6.33. The summed E-state index contributed by atoms with van der Waals surface area (Å²) in [5, 5.41) is 13.6. The zero-order chi connectivity index (χ0) is 17.7. The normalized spacial score (nSPS) is 10.7. The van der Waals surface area contributed by atoms with Crippen LogP contribution in [0.5, 0.6) is 0 Å². The minimum Gasteiger partial charge on any atom is -0.288 e. The first-order chi connectivity index (χ1) is 11.4. The topological polar surface area (TPSA) is 94.9 Å². The van der Waals surface area contributed by atoms with Crippen molar-refractivity contribution in [2.75, 3.05) is 7.05 Å². The van der Waals surface area contributed by atoms with Crippen LogP contribution in [0.1, 0.15) is 26.4 Å². The van der Waals surface area contributed by atoms with Gasteiger partial charge in [-0.2, -0.15) is 5.10 Å². The molecule has 2 amide bonds. The largest absolute Gasteiger partial charge is 0.288 e. The molecule has 0 aliphatic rings. The van der Waals surface area contributed by atoms with Crippen molar-refractivity contribution in [2.45, 2.75) is 0 Å². The van der Waals surface area contributed by atoms with Gasteiger partial charge in [-0.3, -0.25) is 19.8 Å². The Bertz CT molecular complexity index is 813. The summed E-state index contributed by atoms with van der Waals surface area (Å²) in [5.41, 5.74) is 1.29.